The maximum absolute atomic E-state index is 12.1. The highest BCUT2D eigenvalue weighted by molar-refractivity contribution is 5.77. The Kier molecular flexibility index (Phi) is 10.0. The quantitative estimate of drug-likeness (QED) is 0.515. The molecule has 1 saturated heterocycles. The second kappa shape index (κ2) is 11.8. The van der Waals surface area contributed by atoms with Gasteiger partial charge in [-0.25, -0.2) is 0 Å². The Morgan fingerprint density at radius 1 is 1.16 bits per heavy atom. The van der Waals surface area contributed by atoms with Crippen molar-refractivity contribution >= 4 is 11.9 Å². The van der Waals surface area contributed by atoms with Crippen molar-refractivity contribution in [3.63, 3.8) is 0 Å². The van der Waals surface area contributed by atoms with E-state index < -0.39 is 0 Å². The minimum atomic E-state index is -0.309. The SMILES string of the molecule is CC(=O)Oc1cccc(C2(C)CCN(CC(Cc3ccccc3)C(N)=O)CC2C)c1.O.O. The van der Waals surface area contributed by atoms with Crippen molar-refractivity contribution in [2.45, 2.75) is 39.0 Å². The van der Waals surface area contributed by atoms with Gasteiger partial charge in [-0.2, -0.15) is 0 Å². The fourth-order valence-electron chi connectivity index (χ4n) is 4.46. The molecule has 2 aromatic rings. The van der Waals surface area contributed by atoms with Crippen LogP contribution in [0.25, 0.3) is 0 Å². The van der Waals surface area contributed by atoms with Crippen LogP contribution < -0.4 is 10.5 Å². The Balaban J connectivity index is 0.00000256. The van der Waals surface area contributed by atoms with Crippen LogP contribution in [0.1, 0.15) is 38.3 Å². The summed E-state index contributed by atoms with van der Waals surface area (Å²) in [6, 6.07) is 17.9. The lowest BCUT2D eigenvalue weighted by Crippen LogP contribution is -2.49. The number of hydrogen-bond donors (Lipinski definition) is 1. The van der Waals surface area contributed by atoms with Gasteiger partial charge >= 0.3 is 5.97 Å². The zero-order valence-corrected chi connectivity index (χ0v) is 19.1. The van der Waals surface area contributed by atoms with Crippen molar-refractivity contribution in [2.24, 2.45) is 17.6 Å². The molecule has 0 aromatic heterocycles. The van der Waals surface area contributed by atoms with Gasteiger partial charge in [-0.05, 0) is 54.0 Å². The number of piperidine rings is 1. The number of hydrogen-bond acceptors (Lipinski definition) is 4. The van der Waals surface area contributed by atoms with Gasteiger partial charge in [0.25, 0.3) is 0 Å². The van der Waals surface area contributed by atoms with Gasteiger partial charge in [0.2, 0.25) is 5.91 Å². The predicted octanol–water partition coefficient (Wildman–Crippen LogP) is 1.91. The van der Waals surface area contributed by atoms with E-state index in [1.165, 1.54) is 12.5 Å². The summed E-state index contributed by atoms with van der Waals surface area (Å²) in [5.74, 6) is 0.220. The average molecular weight is 445 g/mol. The second-order valence-electron chi connectivity index (χ2n) is 8.74. The van der Waals surface area contributed by atoms with Crippen LogP contribution in [0.4, 0.5) is 0 Å². The molecule has 1 fully saturated rings. The number of amides is 1. The number of ether oxygens (including phenoxy) is 1. The summed E-state index contributed by atoms with van der Waals surface area (Å²) >= 11 is 0. The highest BCUT2D eigenvalue weighted by Gasteiger charge is 2.39. The number of rotatable bonds is 7. The van der Waals surface area contributed by atoms with Crippen molar-refractivity contribution in [1.82, 2.24) is 4.90 Å². The lowest BCUT2D eigenvalue weighted by atomic mass is 9.68. The minimum absolute atomic E-state index is 0. The highest BCUT2D eigenvalue weighted by atomic mass is 16.5. The smallest absolute Gasteiger partial charge is 0.308 e. The third-order valence-electron chi connectivity index (χ3n) is 6.53. The molecule has 7 nitrogen and oxygen atoms in total. The Bertz CT molecular complexity index is 889. The molecule has 0 spiro atoms. The molecule has 0 radical (unpaired) electrons. The van der Waals surface area contributed by atoms with Gasteiger partial charge in [0.1, 0.15) is 5.75 Å². The largest absolute Gasteiger partial charge is 0.427 e. The van der Waals surface area contributed by atoms with Gasteiger partial charge in [-0.3, -0.25) is 9.59 Å². The van der Waals surface area contributed by atoms with Crippen molar-refractivity contribution < 1.29 is 25.3 Å². The molecule has 1 aliphatic rings. The van der Waals surface area contributed by atoms with E-state index in [2.05, 4.69) is 24.8 Å². The van der Waals surface area contributed by atoms with E-state index in [0.717, 1.165) is 25.1 Å². The number of esters is 1. The highest BCUT2D eigenvalue weighted by Crippen LogP contribution is 2.40. The molecule has 32 heavy (non-hydrogen) atoms. The molecule has 176 valence electrons. The summed E-state index contributed by atoms with van der Waals surface area (Å²) in [7, 11) is 0. The van der Waals surface area contributed by atoms with Crippen LogP contribution in [0.2, 0.25) is 0 Å². The van der Waals surface area contributed by atoms with Crippen LogP contribution in [0.15, 0.2) is 54.6 Å². The van der Waals surface area contributed by atoms with Crippen LogP contribution >= 0.6 is 0 Å². The molecule has 0 aliphatic carbocycles. The summed E-state index contributed by atoms with van der Waals surface area (Å²) in [4.78, 5) is 25.8. The molecule has 7 heteroatoms. The molecule has 0 saturated carbocycles. The van der Waals surface area contributed by atoms with Gasteiger partial charge in [-0.15, -0.1) is 0 Å². The van der Waals surface area contributed by atoms with E-state index in [1.54, 1.807) is 0 Å². The summed E-state index contributed by atoms with van der Waals surface area (Å²) < 4.78 is 5.28. The average Bonchev–Trinajstić information content (AvgIpc) is 2.71. The molecule has 3 rings (SSSR count). The van der Waals surface area contributed by atoms with Crippen LogP contribution in [0.5, 0.6) is 5.75 Å². The topological polar surface area (TPSA) is 136 Å². The number of nitrogens with two attached hydrogens (primary N) is 1. The molecule has 2 aromatic carbocycles. The second-order valence-corrected chi connectivity index (χ2v) is 8.74. The molecule has 3 unspecified atom stereocenters. The Labute approximate surface area is 190 Å². The summed E-state index contributed by atoms with van der Waals surface area (Å²) in [5.41, 5.74) is 8.03. The molecule has 1 heterocycles. The van der Waals surface area contributed by atoms with E-state index in [9.17, 15) is 9.59 Å². The molecule has 1 amide bonds. The molecule has 1 aliphatic heterocycles. The first kappa shape index (κ1) is 27.3. The first-order valence-corrected chi connectivity index (χ1v) is 10.6. The van der Waals surface area contributed by atoms with Gasteiger partial charge < -0.3 is 26.3 Å². The molecule has 0 bridgehead atoms. The van der Waals surface area contributed by atoms with Gasteiger partial charge in [0.15, 0.2) is 0 Å². The van der Waals surface area contributed by atoms with Crippen LogP contribution in [0.3, 0.4) is 0 Å². The predicted molar refractivity (Wildman–Crippen MR) is 125 cm³/mol. The van der Waals surface area contributed by atoms with E-state index in [0.29, 0.717) is 24.6 Å². The zero-order valence-electron chi connectivity index (χ0n) is 19.1. The van der Waals surface area contributed by atoms with E-state index in [4.69, 9.17) is 10.5 Å². The van der Waals surface area contributed by atoms with E-state index in [-0.39, 0.29) is 34.2 Å². The third kappa shape index (κ3) is 6.63. The van der Waals surface area contributed by atoms with Crippen LogP contribution in [-0.4, -0.2) is 47.4 Å². The molecule has 3 atom stereocenters. The number of carbonyl (C=O) groups is 2. The molecular formula is C25H36N2O5. The molecular weight excluding hydrogens is 408 g/mol. The van der Waals surface area contributed by atoms with Gasteiger partial charge in [-0.1, -0.05) is 56.3 Å². The van der Waals surface area contributed by atoms with Gasteiger partial charge in [0.05, 0.1) is 5.92 Å². The fraction of sp³-hybridized carbons (Fsp3) is 0.440. The summed E-state index contributed by atoms with van der Waals surface area (Å²) in [5, 5.41) is 0. The standard InChI is InChI=1S/C25H32N2O3.2H2O/c1-18-16-27(17-21(24(26)29)14-20-8-5-4-6-9-20)13-12-25(18,3)22-10-7-11-23(15-22)30-19(2)28;;/h4-11,15,18,21H,12-14,16-17H2,1-3H3,(H2,26,29);2*1H2. The number of likely N-dealkylation sites (tertiary alicyclic amines) is 1. The van der Waals surface area contributed by atoms with Crippen LogP contribution in [-0.2, 0) is 21.4 Å². The third-order valence-corrected chi connectivity index (χ3v) is 6.53. The van der Waals surface area contributed by atoms with E-state index >= 15 is 0 Å². The molecule has 6 N–H and O–H groups in total. The lowest BCUT2D eigenvalue weighted by Gasteiger charge is -2.45. The monoisotopic (exact) mass is 444 g/mol. The summed E-state index contributed by atoms with van der Waals surface area (Å²) in [6.45, 7) is 8.42. The Hall–Kier alpha value is -2.74. The van der Waals surface area contributed by atoms with Gasteiger partial charge in [0, 0.05) is 20.0 Å². The van der Waals surface area contributed by atoms with Crippen molar-refractivity contribution in [3.8, 4) is 5.75 Å². The normalized spacial score (nSPS) is 21.5. The maximum atomic E-state index is 12.1. The lowest BCUT2D eigenvalue weighted by molar-refractivity contribution is -0.132. The first-order chi connectivity index (χ1) is 14.3. The van der Waals surface area contributed by atoms with E-state index in [1.807, 2.05) is 48.5 Å². The number of carbonyl (C=O) groups excluding carboxylic acids is 2. The number of benzene rings is 2. The van der Waals surface area contributed by atoms with Crippen molar-refractivity contribution in [2.75, 3.05) is 19.6 Å². The van der Waals surface area contributed by atoms with Crippen LogP contribution in [0, 0.1) is 11.8 Å². The Morgan fingerprint density at radius 2 is 1.84 bits per heavy atom. The number of primary amides is 1. The zero-order chi connectivity index (χ0) is 21.7. The Morgan fingerprint density at radius 3 is 2.44 bits per heavy atom. The van der Waals surface area contributed by atoms with Crippen molar-refractivity contribution in [1.29, 1.82) is 0 Å². The summed E-state index contributed by atoms with van der Waals surface area (Å²) in [6.07, 6.45) is 1.64. The maximum Gasteiger partial charge on any atom is 0.308 e. The fourth-order valence-corrected chi connectivity index (χ4v) is 4.46. The van der Waals surface area contributed by atoms with Crippen molar-refractivity contribution in [3.05, 3.63) is 65.7 Å². The first-order valence-electron chi connectivity index (χ1n) is 10.6. The minimum Gasteiger partial charge on any atom is -0.427 e. The number of nitrogens with zero attached hydrogens (tertiary/aromatic N) is 1.